The highest BCUT2D eigenvalue weighted by Crippen LogP contribution is 2.31. The molecule has 2 N–H and O–H groups in total. The highest BCUT2D eigenvalue weighted by molar-refractivity contribution is 6.03. The molecule has 1 aliphatic rings. The van der Waals surface area contributed by atoms with E-state index in [2.05, 4.69) is 12.1 Å². The zero-order chi connectivity index (χ0) is 13.9. The Labute approximate surface area is 118 Å². The number of hydrogen-bond acceptors (Lipinski definition) is 3. The number of Topliss-reactive ketones (excluding diaryl/α,β-unsaturated/α-hetero) is 1. The molecule has 0 aromatic heterocycles. The fraction of sp³-hybridized carbons (Fsp3) is 0.235. The van der Waals surface area contributed by atoms with Gasteiger partial charge < -0.3 is 10.5 Å². The summed E-state index contributed by atoms with van der Waals surface area (Å²) < 4.78 is 5.78. The van der Waals surface area contributed by atoms with Crippen LogP contribution < -0.4 is 10.5 Å². The van der Waals surface area contributed by atoms with Crippen molar-refractivity contribution in [3.63, 3.8) is 0 Å². The van der Waals surface area contributed by atoms with Gasteiger partial charge in [-0.05, 0) is 24.1 Å². The molecular formula is C17H17NO2. The number of benzene rings is 2. The van der Waals surface area contributed by atoms with Crippen molar-refractivity contribution < 1.29 is 9.53 Å². The lowest BCUT2D eigenvalue weighted by Crippen LogP contribution is -2.15. The van der Waals surface area contributed by atoms with Gasteiger partial charge in [-0.1, -0.05) is 36.4 Å². The third-order valence-corrected chi connectivity index (χ3v) is 3.65. The summed E-state index contributed by atoms with van der Waals surface area (Å²) in [5.41, 5.74) is 8.18. The molecule has 3 heteroatoms. The van der Waals surface area contributed by atoms with Crippen molar-refractivity contribution in [2.75, 3.05) is 12.3 Å². The summed E-state index contributed by atoms with van der Waals surface area (Å²) in [7, 11) is 0. The van der Waals surface area contributed by atoms with Crippen molar-refractivity contribution in [2.24, 2.45) is 5.92 Å². The van der Waals surface area contributed by atoms with Crippen LogP contribution in [0.5, 0.6) is 5.75 Å². The van der Waals surface area contributed by atoms with Crippen LogP contribution in [0, 0.1) is 5.92 Å². The van der Waals surface area contributed by atoms with Crippen molar-refractivity contribution in [2.45, 2.75) is 12.8 Å². The smallest absolute Gasteiger partial charge is 0.169 e. The molecule has 2 aromatic carbocycles. The van der Waals surface area contributed by atoms with Crippen LogP contribution in [-0.4, -0.2) is 12.4 Å². The molecule has 0 bridgehead atoms. The number of hydrogen-bond donors (Lipinski definition) is 1. The fourth-order valence-electron chi connectivity index (χ4n) is 2.68. The Morgan fingerprint density at radius 2 is 1.90 bits per heavy atom. The van der Waals surface area contributed by atoms with Crippen LogP contribution in [0.1, 0.15) is 22.3 Å². The standard InChI is InChI=1S/C17H17NO2/c18-14-7-4-8-16-17(14)15(19)10-13(11-20-16)9-12-5-2-1-3-6-12/h1-8,13H,9-11,18H2/t13-/m0/s1. The lowest BCUT2D eigenvalue weighted by molar-refractivity contribution is 0.0962. The van der Waals surface area contributed by atoms with Gasteiger partial charge in [0.1, 0.15) is 5.75 Å². The van der Waals surface area contributed by atoms with Crippen molar-refractivity contribution in [3.05, 3.63) is 59.7 Å². The van der Waals surface area contributed by atoms with Crippen LogP contribution in [0.2, 0.25) is 0 Å². The molecule has 0 saturated carbocycles. The van der Waals surface area contributed by atoms with E-state index in [1.165, 1.54) is 5.56 Å². The number of fused-ring (bicyclic) bond motifs is 1. The van der Waals surface area contributed by atoms with Gasteiger partial charge in [-0.2, -0.15) is 0 Å². The number of rotatable bonds is 2. The number of nitrogens with two attached hydrogens (primary N) is 1. The molecule has 1 heterocycles. The Kier molecular flexibility index (Phi) is 3.42. The Morgan fingerprint density at radius 1 is 1.10 bits per heavy atom. The number of anilines is 1. The van der Waals surface area contributed by atoms with E-state index in [-0.39, 0.29) is 11.7 Å². The van der Waals surface area contributed by atoms with Crippen LogP contribution in [-0.2, 0) is 6.42 Å². The molecule has 0 spiro atoms. The zero-order valence-electron chi connectivity index (χ0n) is 11.2. The first-order valence-electron chi connectivity index (χ1n) is 6.82. The summed E-state index contributed by atoms with van der Waals surface area (Å²) >= 11 is 0. The summed E-state index contributed by atoms with van der Waals surface area (Å²) in [6.45, 7) is 0.553. The topological polar surface area (TPSA) is 52.3 Å². The van der Waals surface area contributed by atoms with Crippen molar-refractivity contribution in [3.8, 4) is 5.75 Å². The fourth-order valence-corrected chi connectivity index (χ4v) is 2.68. The van der Waals surface area contributed by atoms with E-state index in [9.17, 15) is 4.79 Å². The van der Waals surface area contributed by atoms with Gasteiger partial charge >= 0.3 is 0 Å². The van der Waals surface area contributed by atoms with Crippen molar-refractivity contribution in [1.29, 1.82) is 0 Å². The molecular weight excluding hydrogens is 250 g/mol. The largest absolute Gasteiger partial charge is 0.492 e. The first-order chi connectivity index (χ1) is 9.74. The van der Waals surface area contributed by atoms with E-state index in [1.54, 1.807) is 6.07 Å². The quantitative estimate of drug-likeness (QED) is 0.851. The molecule has 0 saturated heterocycles. The van der Waals surface area contributed by atoms with Crippen molar-refractivity contribution in [1.82, 2.24) is 0 Å². The maximum atomic E-state index is 12.4. The summed E-state index contributed by atoms with van der Waals surface area (Å²) in [4.78, 5) is 12.4. The maximum Gasteiger partial charge on any atom is 0.169 e. The van der Waals surface area contributed by atoms with Gasteiger partial charge in [-0.3, -0.25) is 4.79 Å². The molecule has 1 atom stereocenters. The Hall–Kier alpha value is -2.29. The maximum absolute atomic E-state index is 12.4. The minimum absolute atomic E-state index is 0.0801. The van der Waals surface area contributed by atoms with Crippen LogP contribution in [0.15, 0.2) is 48.5 Å². The van der Waals surface area contributed by atoms with Gasteiger partial charge in [0, 0.05) is 18.0 Å². The number of ether oxygens (including phenoxy) is 1. The first kappa shape index (κ1) is 12.7. The van der Waals surface area contributed by atoms with E-state index < -0.39 is 0 Å². The monoisotopic (exact) mass is 267 g/mol. The van der Waals surface area contributed by atoms with E-state index in [0.717, 1.165) is 6.42 Å². The zero-order valence-corrected chi connectivity index (χ0v) is 11.2. The first-order valence-corrected chi connectivity index (χ1v) is 6.82. The van der Waals surface area contributed by atoms with Gasteiger partial charge in [0.15, 0.2) is 5.78 Å². The second-order valence-corrected chi connectivity index (χ2v) is 5.21. The average Bonchev–Trinajstić information content (AvgIpc) is 2.60. The lowest BCUT2D eigenvalue weighted by atomic mass is 9.93. The normalized spacial score (nSPS) is 18.0. The SMILES string of the molecule is Nc1cccc2c1C(=O)C[C@H](Cc1ccccc1)CO2. The van der Waals surface area contributed by atoms with Gasteiger partial charge in [0.05, 0.1) is 12.2 Å². The number of ketones is 1. The second-order valence-electron chi connectivity index (χ2n) is 5.21. The summed E-state index contributed by atoms with van der Waals surface area (Å²) in [5, 5.41) is 0. The average molecular weight is 267 g/mol. The second kappa shape index (κ2) is 5.37. The Morgan fingerprint density at radius 3 is 2.70 bits per heavy atom. The molecule has 0 fully saturated rings. The van der Waals surface area contributed by atoms with E-state index in [4.69, 9.17) is 10.5 Å². The van der Waals surface area contributed by atoms with Crippen LogP contribution in [0.25, 0.3) is 0 Å². The number of carbonyl (C=O) groups excluding carboxylic acids is 1. The Balaban J connectivity index is 1.81. The minimum Gasteiger partial charge on any atom is -0.492 e. The highest BCUT2D eigenvalue weighted by Gasteiger charge is 2.25. The van der Waals surface area contributed by atoms with E-state index in [0.29, 0.717) is 30.0 Å². The van der Waals surface area contributed by atoms with Crippen LogP contribution in [0.4, 0.5) is 5.69 Å². The molecule has 102 valence electrons. The lowest BCUT2D eigenvalue weighted by Gasteiger charge is -2.13. The van der Waals surface area contributed by atoms with Crippen molar-refractivity contribution >= 4 is 11.5 Å². The summed E-state index contributed by atoms with van der Waals surface area (Å²) in [6.07, 6.45) is 1.33. The molecule has 0 aliphatic carbocycles. The number of carbonyl (C=O) groups is 1. The Bertz CT molecular complexity index is 622. The molecule has 2 aromatic rings. The van der Waals surface area contributed by atoms with E-state index >= 15 is 0 Å². The van der Waals surface area contributed by atoms with Gasteiger partial charge in [0.2, 0.25) is 0 Å². The highest BCUT2D eigenvalue weighted by atomic mass is 16.5. The van der Waals surface area contributed by atoms with Gasteiger partial charge in [-0.25, -0.2) is 0 Å². The molecule has 1 aliphatic heterocycles. The van der Waals surface area contributed by atoms with Crippen LogP contribution >= 0.6 is 0 Å². The molecule has 0 radical (unpaired) electrons. The molecule has 0 unspecified atom stereocenters. The third kappa shape index (κ3) is 2.52. The van der Waals surface area contributed by atoms with Gasteiger partial charge in [-0.15, -0.1) is 0 Å². The summed E-state index contributed by atoms with van der Waals surface area (Å²) in [5.74, 6) is 0.888. The molecule has 20 heavy (non-hydrogen) atoms. The predicted octanol–water partition coefficient (Wildman–Crippen LogP) is 3.09. The minimum atomic E-state index is 0.0801. The number of nitrogen functional groups attached to an aromatic ring is 1. The predicted molar refractivity (Wildman–Crippen MR) is 78.9 cm³/mol. The third-order valence-electron chi connectivity index (χ3n) is 3.65. The van der Waals surface area contributed by atoms with E-state index in [1.807, 2.05) is 30.3 Å². The molecule has 0 amide bonds. The van der Waals surface area contributed by atoms with Crippen LogP contribution in [0.3, 0.4) is 0 Å². The molecule has 3 nitrogen and oxygen atoms in total. The summed E-state index contributed by atoms with van der Waals surface area (Å²) in [6, 6.07) is 15.6. The molecule has 3 rings (SSSR count). The van der Waals surface area contributed by atoms with Gasteiger partial charge in [0.25, 0.3) is 0 Å².